The van der Waals surface area contributed by atoms with Crippen molar-refractivity contribution in [1.82, 2.24) is 4.98 Å². The Labute approximate surface area is 128 Å². The van der Waals surface area contributed by atoms with E-state index in [1.165, 1.54) is 0 Å². The molecule has 7 heteroatoms. The van der Waals surface area contributed by atoms with Crippen LogP contribution in [0.4, 0.5) is 8.78 Å². The summed E-state index contributed by atoms with van der Waals surface area (Å²) < 4.78 is 36.6. The topological polar surface area (TPSA) is 52.3 Å². The third-order valence-electron chi connectivity index (χ3n) is 2.74. The van der Waals surface area contributed by atoms with Crippen LogP contribution in [0.5, 0.6) is 0 Å². The van der Waals surface area contributed by atoms with Gasteiger partial charge in [0.2, 0.25) is 11.7 Å². The van der Waals surface area contributed by atoms with Crippen LogP contribution in [0.15, 0.2) is 27.1 Å². The average Bonchev–Trinajstić information content (AvgIpc) is 2.87. The lowest BCUT2D eigenvalue weighted by atomic mass is 10.1. The van der Waals surface area contributed by atoms with Crippen LogP contribution in [0.3, 0.4) is 0 Å². The number of aryl methyl sites for hydroxylation is 1. The van der Waals surface area contributed by atoms with Gasteiger partial charge in [0.1, 0.15) is 0 Å². The molecule has 2 rings (SSSR count). The number of carbonyl (C=O) groups excluding carboxylic acids is 1. The van der Waals surface area contributed by atoms with Gasteiger partial charge in [0.05, 0.1) is 6.61 Å². The maximum atomic E-state index is 13.0. The molecule has 2 aromatic rings. The summed E-state index contributed by atoms with van der Waals surface area (Å²) in [5.74, 6) is -1.55. The predicted octanol–water partition coefficient (Wildman–Crippen LogP) is 4.53. The van der Waals surface area contributed by atoms with Gasteiger partial charge in [-0.3, -0.25) is 0 Å². The quantitative estimate of drug-likeness (QED) is 0.752. The number of alkyl halides is 2. The van der Waals surface area contributed by atoms with Crippen LogP contribution >= 0.6 is 15.9 Å². The van der Waals surface area contributed by atoms with Crippen LogP contribution < -0.4 is 0 Å². The Kier molecular flexibility index (Phi) is 4.72. The molecule has 0 unspecified atom stereocenters. The van der Waals surface area contributed by atoms with Gasteiger partial charge >= 0.3 is 5.97 Å². The van der Waals surface area contributed by atoms with Gasteiger partial charge in [0.15, 0.2) is 5.69 Å². The first-order valence-electron chi connectivity index (χ1n) is 6.16. The smallest absolute Gasteiger partial charge is 0.376 e. The number of rotatable bonds is 4. The van der Waals surface area contributed by atoms with Crippen molar-refractivity contribution >= 4 is 21.9 Å². The number of hydrogen-bond donors (Lipinski definition) is 0. The number of nitrogens with zero attached hydrogens (tertiary/aromatic N) is 1. The van der Waals surface area contributed by atoms with Crippen molar-refractivity contribution in [2.45, 2.75) is 20.3 Å². The van der Waals surface area contributed by atoms with E-state index in [1.807, 2.05) is 6.92 Å². The third-order valence-corrected chi connectivity index (χ3v) is 3.59. The second-order valence-electron chi connectivity index (χ2n) is 4.22. The molecule has 0 saturated heterocycles. The summed E-state index contributed by atoms with van der Waals surface area (Å²) in [5.41, 5.74) is 0.759. The minimum atomic E-state index is -2.92. The van der Waals surface area contributed by atoms with Crippen LogP contribution in [-0.4, -0.2) is 17.6 Å². The summed E-state index contributed by atoms with van der Waals surface area (Å²) in [6.45, 7) is 3.53. The molecule has 0 aliphatic carbocycles. The lowest BCUT2D eigenvalue weighted by Crippen LogP contribution is -2.06. The molecule has 1 aromatic carbocycles. The predicted molar refractivity (Wildman–Crippen MR) is 75.3 cm³/mol. The van der Waals surface area contributed by atoms with Crippen molar-refractivity contribution in [1.29, 1.82) is 0 Å². The third kappa shape index (κ3) is 3.29. The second kappa shape index (κ2) is 6.34. The highest BCUT2D eigenvalue weighted by molar-refractivity contribution is 9.10. The van der Waals surface area contributed by atoms with E-state index in [4.69, 9.17) is 9.15 Å². The van der Waals surface area contributed by atoms with Crippen LogP contribution in [0, 0.1) is 6.92 Å². The maximum Gasteiger partial charge on any atom is 0.376 e. The van der Waals surface area contributed by atoms with Gasteiger partial charge in [-0.15, -0.1) is 0 Å². The number of ether oxygens (including phenoxy) is 1. The number of halogens is 3. The first kappa shape index (κ1) is 15.6. The number of carbonyl (C=O) groups is 1. The van der Waals surface area contributed by atoms with Gasteiger partial charge in [-0.25, -0.2) is 18.6 Å². The summed E-state index contributed by atoms with van der Waals surface area (Å²) in [5, 5.41) is 0. The van der Waals surface area contributed by atoms with E-state index < -0.39 is 23.8 Å². The Morgan fingerprint density at radius 3 is 2.76 bits per heavy atom. The zero-order valence-electron chi connectivity index (χ0n) is 11.3. The standard InChI is InChI=1S/C14H12BrF2NO3/c1-3-20-14(19)11-10(12(16)17)18-13(21-11)8-5-4-7(2)9(15)6-8/h4-6,12H,3H2,1-2H3. The van der Waals surface area contributed by atoms with Crippen molar-refractivity contribution in [3.05, 3.63) is 39.7 Å². The van der Waals surface area contributed by atoms with Gasteiger partial charge in [0.25, 0.3) is 6.43 Å². The van der Waals surface area contributed by atoms with Gasteiger partial charge in [-0.05, 0) is 31.5 Å². The van der Waals surface area contributed by atoms with Gasteiger partial charge < -0.3 is 9.15 Å². The summed E-state index contributed by atoms with van der Waals surface area (Å²) in [6, 6.07) is 5.15. The first-order chi connectivity index (χ1) is 9.93. The molecule has 0 atom stereocenters. The Morgan fingerprint density at radius 1 is 1.48 bits per heavy atom. The monoisotopic (exact) mass is 359 g/mol. The molecule has 0 bridgehead atoms. The largest absolute Gasteiger partial charge is 0.460 e. The Balaban J connectivity index is 2.48. The molecule has 0 spiro atoms. The average molecular weight is 360 g/mol. The molecule has 21 heavy (non-hydrogen) atoms. The molecule has 0 radical (unpaired) electrons. The number of aromatic nitrogens is 1. The minimum absolute atomic E-state index is 0.0472. The van der Waals surface area contributed by atoms with Crippen LogP contribution in [0.25, 0.3) is 11.5 Å². The normalized spacial score (nSPS) is 11.0. The van der Waals surface area contributed by atoms with Gasteiger partial charge in [-0.1, -0.05) is 22.0 Å². The first-order valence-corrected chi connectivity index (χ1v) is 6.95. The highest BCUT2D eigenvalue weighted by Gasteiger charge is 2.28. The lowest BCUT2D eigenvalue weighted by Gasteiger charge is -2.00. The fourth-order valence-electron chi connectivity index (χ4n) is 1.67. The summed E-state index contributed by atoms with van der Waals surface area (Å²) in [7, 11) is 0. The van der Waals surface area contributed by atoms with E-state index in [0.29, 0.717) is 5.56 Å². The fraction of sp³-hybridized carbons (Fsp3) is 0.286. The zero-order chi connectivity index (χ0) is 15.6. The molecule has 0 saturated carbocycles. The molecule has 0 N–H and O–H groups in total. The van der Waals surface area contributed by atoms with Crippen LogP contribution in [0.2, 0.25) is 0 Å². The fourth-order valence-corrected chi connectivity index (χ4v) is 2.05. The van der Waals surface area contributed by atoms with E-state index in [2.05, 4.69) is 20.9 Å². The second-order valence-corrected chi connectivity index (χ2v) is 5.07. The van der Waals surface area contributed by atoms with E-state index >= 15 is 0 Å². The molecule has 0 aliphatic rings. The lowest BCUT2D eigenvalue weighted by molar-refractivity contribution is 0.0476. The van der Waals surface area contributed by atoms with Crippen molar-refractivity contribution < 1.29 is 22.7 Å². The molecule has 0 amide bonds. The molecule has 1 aromatic heterocycles. The zero-order valence-corrected chi connectivity index (χ0v) is 12.9. The Hall–Kier alpha value is -1.76. The van der Waals surface area contributed by atoms with E-state index in [0.717, 1.165) is 10.0 Å². The highest BCUT2D eigenvalue weighted by atomic mass is 79.9. The number of oxazole rings is 1. The SMILES string of the molecule is CCOC(=O)c1oc(-c2ccc(C)c(Br)c2)nc1C(F)F. The van der Waals surface area contributed by atoms with Gasteiger partial charge in [-0.2, -0.15) is 0 Å². The number of esters is 1. The molecular weight excluding hydrogens is 348 g/mol. The highest BCUT2D eigenvalue weighted by Crippen LogP contribution is 2.30. The van der Waals surface area contributed by atoms with Crippen LogP contribution in [0.1, 0.15) is 35.2 Å². The van der Waals surface area contributed by atoms with E-state index in [1.54, 1.807) is 25.1 Å². The van der Waals surface area contributed by atoms with Gasteiger partial charge in [0, 0.05) is 10.0 Å². The Morgan fingerprint density at radius 2 is 2.19 bits per heavy atom. The van der Waals surface area contributed by atoms with E-state index in [9.17, 15) is 13.6 Å². The summed E-state index contributed by atoms with van der Waals surface area (Å²) in [4.78, 5) is 15.4. The summed E-state index contributed by atoms with van der Waals surface area (Å²) >= 11 is 3.34. The summed E-state index contributed by atoms with van der Waals surface area (Å²) in [6.07, 6.45) is -2.92. The molecule has 4 nitrogen and oxygen atoms in total. The van der Waals surface area contributed by atoms with Crippen molar-refractivity contribution in [2.24, 2.45) is 0 Å². The van der Waals surface area contributed by atoms with Crippen LogP contribution in [-0.2, 0) is 4.74 Å². The number of benzene rings is 1. The Bertz CT molecular complexity index is 670. The maximum absolute atomic E-state index is 13.0. The van der Waals surface area contributed by atoms with Crippen molar-refractivity contribution in [2.75, 3.05) is 6.61 Å². The van der Waals surface area contributed by atoms with Crippen molar-refractivity contribution in [3.63, 3.8) is 0 Å². The molecule has 0 fully saturated rings. The number of hydrogen-bond acceptors (Lipinski definition) is 4. The molecule has 1 heterocycles. The molecule has 112 valence electrons. The van der Waals surface area contributed by atoms with E-state index in [-0.39, 0.29) is 12.5 Å². The molecular formula is C14H12BrF2NO3. The van der Waals surface area contributed by atoms with Crippen molar-refractivity contribution in [3.8, 4) is 11.5 Å². The molecule has 0 aliphatic heterocycles. The minimum Gasteiger partial charge on any atom is -0.460 e.